The van der Waals surface area contributed by atoms with Crippen LogP contribution in [0.25, 0.3) is 0 Å². The van der Waals surface area contributed by atoms with E-state index in [9.17, 15) is 19.8 Å². The van der Waals surface area contributed by atoms with Crippen molar-refractivity contribution in [2.75, 3.05) is 13.2 Å². The summed E-state index contributed by atoms with van der Waals surface area (Å²) in [6, 6.07) is -0.548. The number of ether oxygens (including phenoxy) is 1. The predicted molar refractivity (Wildman–Crippen MR) is 306 cm³/mol. The molecule has 3 N–H and O–H groups in total. The van der Waals surface area contributed by atoms with Gasteiger partial charge in [-0.15, -0.1) is 0 Å². The summed E-state index contributed by atoms with van der Waals surface area (Å²) in [7, 11) is 0. The van der Waals surface area contributed by atoms with Crippen molar-refractivity contribution in [3.63, 3.8) is 0 Å². The van der Waals surface area contributed by atoms with E-state index in [-0.39, 0.29) is 18.5 Å². The second-order valence-electron chi connectivity index (χ2n) is 21.7. The molecule has 1 amide bonds. The number of hydrogen-bond donors (Lipinski definition) is 3. The van der Waals surface area contributed by atoms with E-state index >= 15 is 0 Å². The molecular weight excluding hydrogens is 863 g/mol. The Morgan fingerprint density at radius 1 is 0.400 bits per heavy atom. The summed E-state index contributed by atoms with van der Waals surface area (Å²) in [6.07, 6.45) is 73.3. The maximum Gasteiger partial charge on any atom is 0.305 e. The molecule has 0 heterocycles. The molecule has 0 rings (SSSR count). The van der Waals surface area contributed by atoms with Crippen LogP contribution in [0, 0.1) is 0 Å². The summed E-state index contributed by atoms with van der Waals surface area (Å²) in [5, 5.41) is 23.2. The van der Waals surface area contributed by atoms with Crippen LogP contribution in [-0.4, -0.2) is 47.4 Å². The normalized spacial score (nSPS) is 12.7. The lowest BCUT2D eigenvalue weighted by Gasteiger charge is -2.22. The molecule has 2 atom stereocenters. The topological polar surface area (TPSA) is 95.9 Å². The highest BCUT2D eigenvalue weighted by molar-refractivity contribution is 5.76. The van der Waals surface area contributed by atoms with Gasteiger partial charge in [0.15, 0.2) is 0 Å². The number of carbonyl (C=O) groups excluding carboxylic acids is 2. The quantitative estimate of drug-likeness (QED) is 0.0321. The van der Waals surface area contributed by atoms with Crippen LogP contribution in [-0.2, 0) is 14.3 Å². The van der Waals surface area contributed by atoms with Crippen LogP contribution in [0.5, 0.6) is 0 Å². The minimum Gasteiger partial charge on any atom is -0.466 e. The molecule has 6 heteroatoms. The standard InChI is InChI=1S/C64H123NO5/c1-3-5-7-9-11-13-15-17-18-26-30-34-38-42-46-50-54-58-64(69)70-59-55-51-47-43-39-35-31-28-25-23-21-19-20-22-24-27-29-33-37-41-45-49-53-57-63(68)65-61(60-66)62(67)56-52-48-44-40-36-32-16-14-12-10-8-6-4-2/h19,21-22,24,61-62,66-67H,3-18,20,23,25-60H2,1-2H3,(H,65,68)/b21-19-,24-22-. The first-order valence-corrected chi connectivity index (χ1v) is 31.6. The monoisotopic (exact) mass is 986 g/mol. The summed E-state index contributed by atoms with van der Waals surface area (Å²) < 4.78 is 5.49. The Morgan fingerprint density at radius 2 is 0.714 bits per heavy atom. The molecule has 6 nitrogen and oxygen atoms in total. The maximum absolute atomic E-state index is 12.5. The largest absolute Gasteiger partial charge is 0.466 e. The van der Waals surface area contributed by atoms with Crippen LogP contribution < -0.4 is 5.32 Å². The van der Waals surface area contributed by atoms with Gasteiger partial charge in [-0.05, 0) is 57.8 Å². The molecule has 0 saturated heterocycles. The number of amides is 1. The highest BCUT2D eigenvalue weighted by Gasteiger charge is 2.20. The van der Waals surface area contributed by atoms with Gasteiger partial charge in [-0.2, -0.15) is 0 Å². The maximum atomic E-state index is 12.5. The van der Waals surface area contributed by atoms with E-state index in [1.807, 2.05) is 0 Å². The molecule has 70 heavy (non-hydrogen) atoms. The molecule has 0 spiro atoms. The fraction of sp³-hybridized carbons (Fsp3) is 0.906. The van der Waals surface area contributed by atoms with Crippen LogP contribution in [0.4, 0.5) is 0 Å². The van der Waals surface area contributed by atoms with Crippen LogP contribution in [0.3, 0.4) is 0 Å². The molecule has 0 aromatic heterocycles. The van der Waals surface area contributed by atoms with Gasteiger partial charge in [0.1, 0.15) is 0 Å². The lowest BCUT2D eigenvalue weighted by atomic mass is 10.0. The first-order valence-electron chi connectivity index (χ1n) is 31.6. The highest BCUT2D eigenvalue weighted by Crippen LogP contribution is 2.18. The average Bonchev–Trinajstić information content (AvgIpc) is 3.36. The van der Waals surface area contributed by atoms with E-state index in [1.165, 1.54) is 270 Å². The Morgan fingerprint density at radius 3 is 1.09 bits per heavy atom. The smallest absolute Gasteiger partial charge is 0.305 e. The van der Waals surface area contributed by atoms with Gasteiger partial charge in [-0.3, -0.25) is 9.59 Å². The van der Waals surface area contributed by atoms with Gasteiger partial charge in [0.2, 0.25) is 5.91 Å². The summed E-state index contributed by atoms with van der Waals surface area (Å²) in [6.45, 7) is 4.96. The van der Waals surface area contributed by atoms with Crippen molar-refractivity contribution in [3.8, 4) is 0 Å². The lowest BCUT2D eigenvalue weighted by molar-refractivity contribution is -0.143. The summed E-state index contributed by atoms with van der Waals surface area (Å²) >= 11 is 0. The first kappa shape index (κ1) is 68.3. The first-order chi connectivity index (χ1) is 34.5. The molecule has 0 aliphatic rings. The molecule has 0 saturated carbocycles. The Hall–Kier alpha value is -1.66. The molecule has 0 bridgehead atoms. The van der Waals surface area contributed by atoms with Gasteiger partial charge in [0.05, 0.1) is 25.4 Å². The Bertz CT molecular complexity index is 1090. The van der Waals surface area contributed by atoms with Crippen molar-refractivity contribution in [2.24, 2.45) is 0 Å². The SMILES string of the molecule is CCCCCCCCCCCCCCCCCCCC(=O)OCCCCCCCCCCC/C=C\C/C=C\CCCCCCCCCC(=O)NC(CO)C(O)CCCCCCCCCCCCCCC. The molecule has 0 aliphatic heterocycles. The molecule has 0 aromatic carbocycles. The molecular formula is C64H123NO5. The summed E-state index contributed by atoms with van der Waals surface area (Å²) in [5.41, 5.74) is 0. The number of aliphatic hydroxyl groups excluding tert-OH is 2. The third-order valence-electron chi connectivity index (χ3n) is 14.8. The molecule has 0 aromatic rings. The van der Waals surface area contributed by atoms with Gasteiger partial charge in [0, 0.05) is 12.8 Å². The predicted octanol–water partition coefficient (Wildman–Crippen LogP) is 19.8. The fourth-order valence-electron chi connectivity index (χ4n) is 9.91. The van der Waals surface area contributed by atoms with Crippen molar-refractivity contribution >= 4 is 11.9 Å². The fourth-order valence-corrected chi connectivity index (χ4v) is 9.91. The van der Waals surface area contributed by atoms with E-state index in [2.05, 4.69) is 43.5 Å². The van der Waals surface area contributed by atoms with Crippen LogP contribution in [0.1, 0.15) is 348 Å². The number of rotatable bonds is 59. The second-order valence-corrected chi connectivity index (χ2v) is 21.7. The molecule has 414 valence electrons. The van der Waals surface area contributed by atoms with Crippen molar-refractivity contribution in [1.29, 1.82) is 0 Å². The zero-order valence-corrected chi connectivity index (χ0v) is 47.3. The lowest BCUT2D eigenvalue weighted by Crippen LogP contribution is -2.45. The number of allylic oxidation sites excluding steroid dienone is 4. The number of unbranched alkanes of at least 4 members (excludes halogenated alkanes) is 44. The number of carbonyl (C=O) groups is 2. The van der Waals surface area contributed by atoms with E-state index in [0.29, 0.717) is 25.9 Å². The zero-order chi connectivity index (χ0) is 50.7. The van der Waals surface area contributed by atoms with Gasteiger partial charge in [-0.25, -0.2) is 0 Å². The van der Waals surface area contributed by atoms with E-state index in [4.69, 9.17) is 4.74 Å². The molecule has 0 radical (unpaired) electrons. The van der Waals surface area contributed by atoms with Crippen molar-refractivity contribution < 1.29 is 24.5 Å². The Labute approximate surface area is 437 Å². The number of nitrogens with one attached hydrogen (secondary N) is 1. The van der Waals surface area contributed by atoms with E-state index in [1.54, 1.807) is 0 Å². The minimum atomic E-state index is -0.670. The third-order valence-corrected chi connectivity index (χ3v) is 14.8. The van der Waals surface area contributed by atoms with E-state index in [0.717, 1.165) is 44.9 Å². The third kappa shape index (κ3) is 55.7. The van der Waals surface area contributed by atoms with Gasteiger partial charge < -0.3 is 20.3 Å². The second kappa shape index (κ2) is 59.9. The molecule has 0 aliphatic carbocycles. The van der Waals surface area contributed by atoms with Crippen molar-refractivity contribution in [3.05, 3.63) is 24.3 Å². The number of aliphatic hydroxyl groups is 2. The van der Waals surface area contributed by atoms with Crippen LogP contribution >= 0.6 is 0 Å². The van der Waals surface area contributed by atoms with Crippen LogP contribution in [0.15, 0.2) is 24.3 Å². The van der Waals surface area contributed by atoms with Gasteiger partial charge in [-0.1, -0.05) is 301 Å². The zero-order valence-electron chi connectivity index (χ0n) is 47.3. The number of esters is 1. The van der Waals surface area contributed by atoms with Crippen molar-refractivity contribution in [2.45, 2.75) is 360 Å². The van der Waals surface area contributed by atoms with Gasteiger partial charge in [0.25, 0.3) is 0 Å². The van der Waals surface area contributed by atoms with Gasteiger partial charge >= 0.3 is 5.97 Å². The molecule has 2 unspecified atom stereocenters. The highest BCUT2D eigenvalue weighted by atomic mass is 16.5. The summed E-state index contributed by atoms with van der Waals surface area (Å²) in [4.78, 5) is 24.5. The average molecular weight is 987 g/mol. The minimum absolute atomic E-state index is 0.0114. The summed E-state index contributed by atoms with van der Waals surface area (Å²) in [5.74, 6) is -0.0330. The van der Waals surface area contributed by atoms with Crippen LogP contribution in [0.2, 0.25) is 0 Å². The van der Waals surface area contributed by atoms with Crippen molar-refractivity contribution in [1.82, 2.24) is 5.32 Å². The number of hydrogen-bond acceptors (Lipinski definition) is 5. The molecule has 0 fully saturated rings. The Balaban J connectivity index is 3.42. The Kier molecular flexibility index (Phi) is 58.5. The van der Waals surface area contributed by atoms with E-state index < -0.39 is 12.1 Å².